The zero-order valence-corrected chi connectivity index (χ0v) is 20.5. The van der Waals surface area contributed by atoms with E-state index in [1.54, 1.807) is 0 Å². The molecule has 2 saturated heterocycles. The molecule has 3 atom stereocenters. The summed E-state index contributed by atoms with van der Waals surface area (Å²) in [4.78, 5) is 33.7. The lowest BCUT2D eigenvalue weighted by Crippen LogP contribution is -2.52. The zero-order chi connectivity index (χ0) is 28.7. The minimum absolute atomic E-state index is 0.0537. The Morgan fingerprint density at radius 2 is 2.00 bits per heavy atom. The Balaban J connectivity index is 1.64. The molecule has 8 nitrogen and oxygen atoms in total. The van der Waals surface area contributed by atoms with Crippen LogP contribution in [0.4, 0.5) is 29.1 Å². The number of aryl methyl sites for hydroxylation is 1. The van der Waals surface area contributed by atoms with Crippen LogP contribution in [0.2, 0.25) is 5.02 Å². The topological polar surface area (TPSA) is 81.2 Å². The molecule has 0 radical (unpaired) electrons. The summed E-state index contributed by atoms with van der Waals surface area (Å²) in [6.07, 6.45) is -7.72. The summed E-state index contributed by atoms with van der Waals surface area (Å²) in [7, 11) is 0. The molecular weight excluding hydrogens is 522 g/mol. The predicted octanol–water partition coefficient (Wildman–Crippen LogP) is 4.25. The summed E-state index contributed by atoms with van der Waals surface area (Å²) in [6, 6.07) is 2.01. The standard InChI is InChI=1S/C24H22ClF4N3O5/c1-11-9-12(24(27,28)29)10-15(30-11)32-17(19-20(22(32)34)37-23(2,3)36-19)21(33)31-7-4-8-35-18-14(31)6-5-13(26)16(18)25/h5-6,9-10,17,19-20H,4,7-8H2,1-3H3/t17-,19-,20-/m0/s1/i8D2. The van der Waals surface area contributed by atoms with Crippen LogP contribution in [0, 0.1) is 12.7 Å². The number of hydrogen-bond donors (Lipinski definition) is 0. The number of ether oxygens (including phenoxy) is 3. The average Bonchev–Trinajstić information content (AvgIpc) is 3.21. The predicted molar refractivity (Wildman–Crippen MR) is 123 cm³/mol. The van der Waals surface area contributed by atoms with Gasteiger partial charge in [0, 0.05) is 12.2 Å². The van der Waals surface area contributed by atoms with E-state index in [9.17, 15) is 27.2 Å². The number of benzene rings is 1. The molecule has 13 heteroatoms. The fourth-order valence-corrected chi connectivity index (χ4v) is 4.90. The van der Waals surface area contributed by atoms with Crippen LogP contribution in [0.25, 0.3) is 0 Å². The molecule has 1 aromatic heterocycles. The molecule has 3 aliphatic rings. The molecule has 2 amide bonds. The van der Waals surface area contributed by atoms with Crippen molar-refractivity contribution in [1.29, 1.82) is 0 Å². The van der Waals surface area contributed by atoms with Gasteiger partial charge >= 0.3 is 6.18 Å². The minimum atomic E-state index is -4.76. The first-order valence-corrected chi connectivity index (χ1v) is 11.6. The number of carbonyl (C=O) groups excluding carboxylic acids is 2. The van der Waals surface area contributed by atoms with E-state index in [0.717, 1.165) is 28.0 Å². The second kappa shape index (κ2) is 8.81. The van der Waals surface area contributed by atoms with Crippen LogP contribution < -0.4 is 14.5 Å². The van der Waals surface area contributed by atoms with E-state index in [1.165, 1.54) is 20.8 Å². The molecule has 4 heterocycles. The van der Waals surface area contributed by atoms with E-state index in [1.807, 2.05) is 0 Å². The molecule has 5 rings (SSSR count). The highest BCUT2D eigenvalue weighted by Gasteiger charge is 2.61. The molecular formula is C24H22ClF4N3O5. The monoisotopic (exact) mass is 545 g/mol. The van der Waals surface area contributed by atoms with E-state index < -0.39 is 76.6 Å². The third kappa shape index (κ3) is 4.40. The molecule has 0 aliphatic carbocycles. The Morgan fingerprint density at radius 1 is 1.27 bits per heavy atom. The van der Waals surface area contributed by atoms with Crippen LogP contribution in [-0.4, -0.2) is 53.9 Å². The Morgan fingerprint density at radius 3 is 2.70 bits per heavy atom. The minimum Gasteiger partial charge on any atom is -0.490 e. The molecule has 198 valence electrons. The number of anilines is 2. The molecule has 0 spiro atoms. The van der Waals surface area contributed by atoms with Gasteiger partial charge in [-0.1, -0.05) is 11.6 Å². The van der Waals surface area contributed by atoms with Crippen molar-refractivity contribution in [2.75, 3.05) is 22.9 Å². The lowest BCUT2D eigenvalue weighted by atomic mass is 10.1. The van der Waals surface area contributed by atoms with Gasteiger partial charge in [0.05, 0.1) is 20.6 Å². The zero-order valence-electron chi connectivity index (χ0n) is 21.7. The Hall–Kier alpha value is -2.96. The summed E-state index contributed by atoms with van der Waals surface area (Å²) in [5.41, 5.74) is -1.22. The van der Waals surface area contributed by atoms with Gasteiger partial charge < -0.3 is 19.1 Å². The smallest absolute Gasteiger partial charge is 0.416 e. The fraction of sp³-hybridized carbons (Fsp3) is 0.458. The summed E-state index contributed by atoms with van der Waals surface area (Å²) in [5, 5.41) is -0.565. The first-order valence-electron chi connectivity index (χ1n) is 12.2. The Bertz CT molecular complexity index is 1380. The quantitative estimate of drug-likeness (QED) is 0.525. The highest BCUT2D eigenvalue weighted by Crippen LogP contribution is 2.44. The Labute approximate surface area is 216 Å². The van der Waals surface area contributed by atoms with E-state index >= 15 is 0 Å². The number of rotatable bonds is 2. The number of halogens is 5. The van der Waals surface area contributed by atoms with Crippen LogP contribution in [-0.2, 0) is 25.2 Å². The van der Waals surface area contributed by atoms with Crippen molar-refractivity contribution in [3.8, 4) is 5.75 Å². The van der Waals surface area contributed by atoms with Crippen molar-refractivity contribution in [1.82, 2.24) is 4.98 Å². The van der Waals surface area contributed by atoms with Gasteiger partial charge in [0.15, 0.2) is 17.6 Å². The van der Waals surface area contributed by atoms with Crippen LogP contribution in [0.1, 0.15) is 34.3 Å². The second-order valence-corrected chi connectivity index (χ2v) is 9.60. The molecule has 0 bridgehead atoms. The number of hydrogen-bond acceptors (Lipinski definition) is 6. The summed E-state index contributed by atoms with van der Waals surface area (Å²) >= 11 is 6.06. The maximum absolute atomic E-state index is 14.3. The molecule has 3 aliphatic heterocycles. The normalized spacial score (nSPS) is 27.1. The summed E-state index contributed by atoms with van der Waals surface area (Å²) in [6.45, 7) is 1.71. The number of alkyl halides is 3. The Kier molecular flexibility index (Phi) is 5.52. The van der Waals surface area contributed by atoms with E-state index in [-0.39, 0.29) is 24.3 Å². The summed E-state index contributed by atoms with van der Waals surface area (Å²) < 4.78 is 88.2. The molecule has 1 aromatic carbocycles. The van der Waals surface area contributed by atoms with Crippen molar-refractivity contribution in [3.05, 3.63) is 46.4 Å². The summed E-state index contributed by atoms with van der Waals surface area (Å²) in [5.74, 6) is -4.79. The van der Waals surface area contributed by atoms with Crippen molar-refractivity contribution in [2.45, 2.75) is 57.4 Å². The van der Waals surface area contributed by atoms with E-state index in [2.05, 4.69) is 4.98 Å². The van der Waals surface area contributed by atoms with Crippen LogP contribution in [0.5, 0.6) is 5.75 Å². The van der Waals surface area contributed by atoms with Crippen molar-refractivity contribution >= 4 is 34.9 Å². The molecule has 0 N–H and O–H groups in total. The first kappa shape index (κ1) is 23.2. The van der Waals surface area contributed by atoms with Crippen LogP contribution in [0.15, 0.2) is 24.3 Å². The van der Waals surface area contributed by atoms with Gasteiger partial charge in [-0.15, -0.1) is 0 Å². The van der Waals surface area contributed by atoms with Crippen molar-refractivity contribution in [3.63, 3.8) is 0 Å². The maximum atomic E-state index is 14.3. The van der Waals surface area contributed by atoms with Crippen molar-refractivity contribution in [2.24, 2.45) is 0 Å². The number of amides is 2. The van der Waals surface area contributed by atoms with Gasteiger partial charge in [-0.25, -0.2) is 9.37 Å². The van der Waals surface area contributed by atoms with Gasteiger partial charge in [0.25, 0.3) is 11.8 Å². The maximum Gasteiger partial charge on any atom is 0.416 e. The highest BCUT2D eigenvalue weighted by atomic mass is 35.5. The largest absolute Gasteiger partial charge is 0.490 e. The molecule has 2 aromatic rings. The van der Waals surface area contributed by atoms with Gasteiger partial charge in [-0.3, -0.25) is 14.5 Å². The van der Waals surface area contributed by atoms with Gasteiger partial charge in [0.2, 0.25) is 0 Å². The highest BCUT2D eigenvalue weighted by molar-refractivity contribution is 6.33. The van der Waals surface area contributed by atoms with Gasteiger partial charge in [0.1, 0.15) is 28.8 Å². The first-order chi connectivity index (χ1) is 18.0. The fourth-order valence-electron chi connectivity index (χ4n) is 4.70. The lowest BCUT2D eigenvalue weighted by molar-refractivity contribution is -0.161. The molecule has 2 fully saturated rings. The number of nitrogens with zero attached hydrogens (tertiary/aromatic N) is 3. The third-order valence-electron chi connectivity index (χ3n) is 6.16. The van der Waals surface area contributed by atoms with Gasteiger partial charge in [-0.2, -0.15) is 13.2 Å². The number of aromatic nitrogens is 1. The lowest BCUT2D eigenvalue weighted by Gasteiger charge is -2.32. The third-order valence-corrected chi connectivity index (χ3v) is 6.52. The molecule has 0 saturated carbocycles. The van der Waals surface area contributed by atoms with Crippen LogP contribution in [0.3, 0.4) is 0 Å². The van der Waals surface area contributed by atoms with Crippen LogP contribution >= 0.6 is 11.6 Å². The van der Waals surface area contributed by atoms with Crippen molar-refractivity contribution < 1.29 is 44.1 Å². The molecule has 37 heavy (non-hydrogen) atoms. The van der Waals surface area contributed by atoms with E-state index in [4.69, 9.17) is 28.6 Å². The number of carbonyl (C=O) groups is 2. The van der Waals surface area contributed by atoms with E-state index in [0.29, 0.717) is 6.07 Å². The SMILES string of the molecule is [2H]C1([2H])CCN(C(=O)[C@@H]2[C@@H]3OC(C)(C)O[C@@H]3C(=O)N2c2cc(C(F)(F)F)cc(C)n2)c2ccc(F)c(Cl)c2O1. The second-order valence-electron chi connectivity index (χ2n) is 9.22. The van der Waals surface area contributed by atoms with Gasteiger partial charge in [-0.05, 0) is 51.5 Å². The average molecular weight is 546 g/mol. The number of fused-ring (bicyclic) bond motifs is 2. The molecule has 0 unspecified atom stereocenters. The number of pyridine rings is 1.